The van der Waals surface area contributed by atoms with Gasteiger partial charge in [0.2, 0.25) is 0 Å². The lowest BCUT2D eigenvalue weighted by Gasteiger charge is -2.09. The fraction of sp³-hybridized carbons (Fsp3) is 0.158. The van der Waals surface area contributed by atoms with E-state index in [1.54, 1.807) is 24.3 Å². The van der Waals surface area contributed by atoms with Crippen LogP contribution in [0.3, 0.4) is 0 Å². The fourth-order valence-corrected chi connectivity index (χ4v) is 2.51. The van der Waals surface area contributed by atoms with Crippen molar-refractivity contribution in [2.45, 2.75) is 6.92 Å². The van der Waals surface area contributed by atoms with Gasteiger partial charge in [0.25, 0.3) is 11.6 Å². The van der Waals surface area contributed by atoms with E-state index >= 15 is 0 Å². The highest BCUT2D eigenvalue weighted by atomic mass is 35.5. The van der Waals surface area contributed by atoms with Gasteiger partial charge >= 0.3 is 0 Å². The highest BCUT2D eigenvalue weighted by Gasteiger charge is 2.20. The zero-order chi connectivity index (χ0) is 20.8. The number of aryl methyl sites for hydroxylation is 1. The molecule has 9 heteroatoms. The van der Waals surface area contributed by atoms with Gasteiger partial charge < -0.3 is 14.8 Å². The van der Waals surface area contributed by atoms with Gasteiger partial charge in [0.15, 0.2) is 11.5 Å². The van der Waals surface area contributed by atoms with Gasteiger partial charge in [-0.2, -0.15) is 5.26 Å². The Labute approximate surface area is 166 Å². The first kappa shape index (κ1) is 20.7. The number of methoxy groups -OCH3 is 2. The molecule has 0 saturated heterocycles. The maximum Gasteiger partial charge on any atom is 0.280 e. The SMILES string of the molecule is COc1cc(/C=C(\C#N)C(=O)Nc2ccc(C)c(Cl)c2)c([N+](=O)[O-])cc1OC. The molecule has 2 aromatic rings. The highest BCUT2D eigenvalue weighted by Crippen LogP contribution is 2.35. The summed E-state index contributed by atoms with van der Waals surface area (Å²) in [5, 5.41) is 23.7. The molecule has 0 aromatic heterocycles. The minimum Gasteiger partial charge on any atom is -0.493 e. The second-order valence-corrected chi connectivity index (χ2v) is 6.02. The van der Waals surface area contributed by atoms with Crippen LogP contribution < -0.4 is 14.8 Å². The van der Waals surface area contributed by atoms with Crippen LogP contribution in [0.25, 0.3) is 6.08 Å². The first-order valence-corrected chi connectivity index (χ1v) is 8.28. The van der Waals surface area contributed by atoms with E-state index < -0.39 is 10.8 Å². The number of carbonyl (C=O) groups is 1. The number of benzene rings is 2. The summed E-state index contributed by atoms with van der Waals surface area (Å²) in [4.78, 5) is 23.2. The first-order chi connectivity index (χ1) is 13.3. The topological polar surface area (TPSA) is 114 Å². The molecule has 0 radical (unpaired) electrons. The van der Waals surface area contributed by atoms with E-state index in [-0.39, 0.29) is 28.3 Å². The van der Waals surface area contributed by atoms with Crippen molar-refractivity contribution >= 4 is 35.0 Å². The maximum atomic E-state index is 12.4. The number of nitro benzene ring substituents is 1. The van der Waals surface area contributed by atoms with Gasteiger partial charge in [0.1, 0.15) is 11.6 Å². The average Bonchev–Trinajstić information content (AvgIpc) is 2.67. The van der Waals surface area contributed by atoms with Crippen LogP contribution in [0, 0.1) is 28.4 Å². The van der Waals surface area contributed by atoms with E-state index in [2.05, 4.69) is 5.32 Å². The molecule has 0 aliphatic rings. The van der Waals surface area contributed by atoms with Crippen LogP contribution in [0.15, 0.2) is 35.9 Å². The van der Waals surface area contributed by atoms with E-state index in [0.29, 0.717) is 10.7 Å². The second kappa shape index (κ2) is 8.88. The highest BCUT2D eigenvalue weighted by molar-refractivity contribution is 6.31. The molecule has 144 valence electrons. The van der Waals surface area contributed by atoms with Gasteiger partial charge in [0, 0.05) is 10.7 Å². The Kier molecular flexibility index (Phi) is 6.58. The number of nitrogens with zero attached hydrogens (tertiary/aromatic N) is 2. The molecule has 28 heavy (non-hydrogen) atoms. The number of hydrogen-bond acceptors (Lipinski definition) is 6. The third kappa shape index (κ3) is 4.58. The molecule has 0 heterocycles. The summed E-state index contributed by atoms with van der Waals surface area (Å²) in [7, 11) is 2.72. The fourth-order valence-electron chi connectivity index (χ4n) is 2.33. The number of amides is 1. The predicted molar refractivity (Wildman–Crippen MR) is 105 cm³/mol. The number of rotatable bonds is 6. The molecule has 2 rings (SSSR count). The van der Waals surface area contributed by atoms with Gasteiger partial charge in [-0.25, -0.2) is 0 Å². The summed E-state index contributed by atoms with van der Waals surface area (Å²) in [6, 6.07) is 9.13. The Morgan fingerprint density at radius 2 is 1.89 bits per heavy atom. The van der Waals surface area contributed by atoms with Crippen LogP contribution in [0.2, 0.25) is 5.02 Å². The van der Waals surface area contributed by atoms with Crippen molar-refractivity contribution in [3.05, 3.63) is 62.2 Å². The van der Waals surface area contributed by atoms with Gasteiger partial charge in [-0.15, -0.1) is 0 Å². The molecule has 0 spiro atoms. The van der Waals surface area contributed by atoms with Gasteiger partial charge in [-0.05, 0) is 36.8 Å². The molecule has 0 aliphatic heterocycles. The van der Waals surface area contributed by atoms with Crippen molar-refractivity contribution in [2.24, 2.45) is 0 Å². The third-order valence-corrected chi connectivity index (χ3v) is 4.23. The molecule has 0 aliphatic carbocycles. The van der Waals surface area contributed by atoms with Crippen molar-refractivity contribution < 1.29 is 19.2 Å². The minimum atomic E-state index is -0.730. The standard InChI is InChI=1S/C19H16ClN3O5/c1-11-4-5-14(8-15(11)20)22-19(24)13(10-21)6-12-7-17(27-2)18(28-3)9-16(12)23(25)26/h4-9H,1-3H3,(H,22,24)/b13-6+. The lowest BCUT2D eigenvalue weighted by atomic mass is 10.1. The average molecular weight is 402 g/mol. The Bertz CT molecular complexity index is 1010. The van der Waals surface area contributed by atoms with Gasteiger partial charge in [0.05, 0.1) is 30.8 Å². The minimum absolute atomic E-state index is 0.0243. The predicted octanol–water partition coefficient (Wildman–Crippen LogP) is 4.12. The van der Waals surface area contributed by atoms with Crippen LogP contribution in [-0.2, 0) is 4.79 Å². The van der Waals surface area contributed by atoms with E-state index in [0.717, 1.165) is 17.7 Å². The summed E-state index contributed by atoms with van der Waals surface area (Å²) in [6.45, 7) is 1.81. The third-order valence-electron chi connectivity index (χ3n) is 3.82. The Balaban J connectivity index is 2.45. The molecule has 1 amide bonds. The van der Waals surface area contributed by atoms with Crippen LogP contribution in [0.1, 0.15) is 11.1 Å². The van der Waals surface area contributed by atoms with E-state index in [1.807, 2.05) is 6.92 Å². The number of anilines is 1. The zero-order valence-corrected chi connectivity index (χ0v) is 16.0. The van der Waals surface area contributed by atoms with Crippen molar-refractivity contribution in [3.8, 4) is 17.6 Å². The Morgan fingerprint density at radius 1 is 1.25 bits per heavy atom. The van der Waals surface area contributed by atoms with Crippen LogP contribution in [0.4, 0.5) is 11.4 Å². The van der Waals surface area contributed by atoms with Gasteiger partial charge in [-0.1, -0.05) is 17.7 Å². The number of nitriles is 1. The molecule has 2 aromatic carbocycles. The van der Waals surface area contributed by atoms with E-state index in [9.17, 15) is 20.2 Å². The molecule has 0 atom stereocenters. The summed E-state index contributed by atoms with van der Waals surface area (Å²) in [5.74, 6) is -0.350. The molecule has 1 N–H and O–H groups in total. The number of nitrogens with one attached hydrogen (secondary N) is 1. The second-order valence-electron chi connectivity index (χ2n) is 5.61. The zero-order valence-electron chi connectivity index (χ0n) is 15.3. The molecule has 0 bridgehead atoms. The molecule has 0 saturated carbocycles. The van der Waals surface area contributed by atoms with Crippen molar-refractivity contribution in [1.82, 2.24) is 0 Å². The quantitative estimate of drug-likeness (QED) is 0.337. The molecular weight excluding hydrogens is 386 g/mol. The van der Waals surface area contributed by atoms with Crippen molar-refractivity contribution in [2.75, 3.05) is 19.5 Å². The number of nitro groups is 1. The van der Waals surface area contributed by atoms with E-state index in [1.165, 1.54) is 20.3 Å². The molecular formula is C19H16ClN3O5. The summed E-state index contributed by atoms with van der Waals surface area (Å²) in [5.41, 5.74) is 0.583. The number of halogens is 1. The van der Waals surface area contributed by atoms with Crippen molar-refractivity contribution in [3.63, 3.8) is 0 Å². The largest absolute Gasteiger partial charge is 0.493 e. The smallest absolute Gasteiger partial charge is 0.280 e. The maximum absolute atomic E-state index is 12.4. The summed E-state index contributed by atoms with van der Waals surface area (Å²) < 4.78 is 10.2. The monoisotopic (exact) mass is 401 g/mol. The van der Waals surface area contributed by atoms with Crippen LogP contribution in [0.5, 0.6) is 11.5 Å². The van der Waals surface area contributed by atoms with Crippen LogP contribution in [-0.4, -0.2) is 25.1 Å². The van der Waals surface area contributed by atoms with Crippen LogP contribution >= 0.6 is 11.6 Å². The lowest BCUT2D eigenvalue weighted by Crippen LogP contribution is -2.13. The molecule has 0 unspecified atom stereocenters. The first-order valence-electron chi connectivity index (χ1n) is 7.90. The van der Waals surface area contributed by atoms with Gasteiger partial charge in [-0.3, -0.25) is 14.9 Å². The summed E-state index contributed by atoms with van der Waals surface area (Å²) >= 11 is 6.03. The lowest BCUT2D eigenvalue weighted by molar-refractivity contribution is -0.385. The molecule has 8 nitrogen and oxygen atoms in total. The number of carbonyl (C=O) groups excluding carboxylic acids is 1. The number of ether oxygens (including phenoxy) is 2. The Morgan fingerprint density at radius 3 is 2.43 bits per heavy atom. The normalized spacial score (nSPS) is 10.8. The Hall–Kier alpha value is -3.57. The number of hydrogen-bond donors (Lipinski definition) is 1. The molecule has 0 fully saturated rings. The summed E-state index contributed by atoms with van der Waals surface area (Å²) in [6.07, 6.45) is 1.12. The van der Waals surface area contributed by atoms with Crippen molar-refractivity contribution in [1.29, 1.82) is 5.26 Å². The van der Waals surface area contributed by atoms with E-state index in [4.69, 9.17) is 21.1 Å².